The molecule has 4 rings (SSSR count). The number of fused-ring (bicyclic) bond motifs is 1. The van der Waals surface area contributed by atoms with Gasteiger partial charge in [-0.2, -0.15) is 0 Å². The summed E-state index contributed by atoms with van der Waals surface area (Å²) in [7, 11) is 0. The second-order valence-corrected chi connectivity index (χ2v) is 9.91. The predicted molar refractivity (Wildman–Crippen MR) is 121 cm³/mol. The van der Waals surface area contributed by atoms with Gasteiger partial charge in [0.15, 0.2) is 5.69 Å². The molecule has 0 radical (unpaired) electrons. The van der Waals surface area contributed by atoms with Gasteiger partial charge < -0.3 is 14.7 Å². The molecule has 31 heavy (non-hydrogen) atoms. The summed E-state index contributed by atoms with van der Waals surface area (Å²) in [6.45, 7) is 6.65. The van der Waals surface area contributed by atoms with Crippen LogP contribution in [0.1, 0.15) is 55.0 Å². The number of nitrogens with zero attached hydrogens (tertiary/aromatic N) is 2. The third-order valence-corrected chi connectivity index (χ3v) is 6.89. The van der Waals surface area contributed by atoms with Crippen molar-refractivity contribution in [3.05, 3.63) is 58.5 Å². The van der Waals surface area contributed by atoms with E-state index in [2.05, 4.69) is 25.8 Å². The van der Waals surface area contributed by atoms with Crippen LogP contribution >= 0.6 is 11.3 Å². The number of rotatable bonds is 3. The average Bonchev–Trinajstić information content (AvgIpc) is 3.23. The van der Waals surface area contributed by atoms with E-state index in [4.69, 9.17) is 4.74 Å². The summed E-state index contributed by atoms with van der Waals surface area (Å²) in [6, 6.07) is 13.3. The Bertz CT molecular complexity index is 1110. The summed E-state index contributed by atoms with van der Waals surface area (Å²) in [5.74, 6) is 0.165. The third-order valence-electron chi connectivity index (χ3n) is 5.88. The van der Waals surface area contributed by atoms with Gasteiger partial charge in [0.05, 0.1) is 5.01 Å². The number of esters is 1. The molecule has 0 bridgehead atoms. The fourth-order valence-electron chi connectivity index (χ4n) is 4.25. The molecular weight excluding hydrogens is 412 g/mol. The molecule has 1 fully saturated rings. The second kappa shape index (κ2) is 8.30. The summed E-state index contributed by atoms with van der Waals surface area (Å²) >= 11 is 1.44. The van der Waals surface area contributed by atoms with Crippen LogP contribution in [-0.4, -0.2) is 39.6 Å². The number of benzene rings is 2. The number of hydrogen-bond acceptors (Lipinski definition) is 5. The molecule has 3 aromatic rings. The molecule has 1 aliphatic heterocycles. The SMILES string of the molecule is CC(C)(C)C1CC(c2nc(C(=O)Oc3cccc4ccccc34)cs2)CCN1C(=O)O. The topological polar surface area (TPSA) is 79.7 Å². The number of likely N-dealkylation sites (tertiary alicyclic amines) is 1. The number of carbonyl (C=O) groups excluding carboxylic acids is 1. The highest BCUT2D eigenvalue weighted by atomic mass is 32.1. The van der Waals surface area contributed by atoms with Gasteiger partial charge in [-0.3, -0.25) is 0 Å². The van der Waals surface area contributed by atoms with E-state index in [1.54, 1.807) is 16.3 Å². The van der Waals surface area contributed by atoms with Gasteiger partial charge in [-0.1, -0.05) is 57.2 Å². The van der Waals surface area contributed by atoms with Crippen molar-refractivity contribution < 1.29 is 19.4 Å². The van der Waals surface area contributed by atoms with E-state index in [0.717, 1.165) is 15.8 Å². The molecule has 1 amide bonds. The summed E-state index contributed by atoms with van der Waals surface area (Å²) < 4.78 is 5.66. The van der Waals surface area contributed by atoms with E-state index >= 15 is 0 Å². The molecule has 1 saturated heterocycles. The van der Waals surface area contributed by atoms with Gasteiger partial charge in [-0.25, -0.2) is 14.6 Å². The van der Waals surface area contributed by atoms with Gasteiger partial charge in [0, 0.05) is 29.3 Å². The number of carboxylic acid groups (broad SMARTS) is 1. The van der Waals surface area contributed by atoms with Crippen molar-refractivity contribution in [2.45, 2.75) is 45.6 Å². The first-order chi connectivity index (χ1) is 14.7. The Hall–Kier alpha value is -2.93. The van der Waals surface area contributed by atoms with Gasteiger partial charge >= 0.3 is 12.1 Å². The minimum Gasteiger partial charge on any atom is -0.465 e. The lowest BCUT2D eigenvalue weighted by molar-refractivity contribution is 0.0525. The molecule has 2 heterocycles. The van der Waals surface area contributed by atoms with Crippen LogP contribution in [0, 0.1) is 5.41 Å². The molecule has 0 aliphatic carbocycles. The summed E-state index contributed by atoms with van der Waals surface area (Å²) in [6.07, 6.45) is 0.516. The number of amides is 1. The molecule has 7 heteroatoms. The van der Waals surface area contributed by atoms with Crippen LogP contribution in [0.2, 0.25) is 0 Å². The van der Waals surface area contributed by atoms with Crippen LogP contribution in [-0.2, 0) is 0 Å². The van der Waals surface area contributed by atoms with Crippen molar-refractivity contribution >= 4 is 34.2 Å². The molecule has 0 spiro atoms. The summed E-state index contributed by atoms with van der Waals surface area (Å²) in [5, 5.41) is 14.1. The highest BCUT2D eigenvalue weighted by Crippen LogP contribution is 2.40. The van der Waals surface area contributed by atoms with Crippen LogP contribution < -0.4 is 4.74 Å². The van der Waals surface area contributed by atoms with Gasteiger partial charge in [-0.05, 0) is 29.7 Å². The van der Waals surface area contributed by atoms with E-state index in [1.165, 1.54) is 11.3 Å². The Kier molecular flexibility index (Phi) is 5.71. The number of piperidine rings is 1. The lowest BCUT2D eigenvalue weighted by atomic mass is 9.77. The van der Waals surface area contributed by atoms with Gasteiger partial charge in [0.25, 0.3) is 0 Å². The van der Waals surface area contributed by atoms with E-state index in [-0.39, 0.29) is 17.4 Å². The smallest absolute Gasteiger partial charge is 0.407 e. The Morgan fingerprint density at radius 3 is 2.65 bits per heavy atom. The van der Waals surface area contributed by atoms with Crippen molar-refractivity contribution in [3.63, 3.8) is 0 Å². The zero-order chi connectivity index (χ0) is 22.2. The van der Waals surface area contributed by atoms with Gasteiger partial charge in [0.2, 0.25) is 0 Å². The number of ether oxygens (including phenoxy) is 1. The number of aromatic nitrogens is 1. The maximum Gasteiger partial charge on any atom is 0.407 e. The monoisotopic (exact) mass is 438 g/mol. The highest BCUT2D eigenvalue weighted by molar-refractivity contribution is 7.09. The van der Waals surface area contributed by atoms with Gasteiger partial charge in [-0.15, -0.1) is 11.3 Å². The maximum atomic E-state index is 12.8. The first kappa shape index (κ1) is 21.3. The Balaban J connectivity index is 1.51. The maximum absolute atomic E-state index is 12.8. The van der Waals surface area contributed by atoms with Crippen LogP contribution in [0.3, 0.4) is 0 Å². The molecule has 2 unspecified atom stereocenters. The standard InChI is InChI=1S/C24H26N2O4S/c1-24(2,3)20-13-16(11-12-26(20)23(28)29)21-25-18(14-31-21)22(27)30-19-10-6-8-15-7-4-5-9-17(15)19/h4-10,14,16,20H,11-13H2,1-3H3,(H,28,29). The molecule has 1 aliphatic rings. The normalized spacial score (nSPS) is 19.4. The van der Waals surface area contributed by atoms with Crippen LogP contribution in [0.15, 0.2) is 47.8 Å². The lowest BCUT2D eigenvalue weighted by Gasteiger charge is -2.44. The quantitative estimate of drug-likeness (QED) is 0.414. The fourth-order valence-corrected chi connectivity index (χ4v) is 5.18. The van der Waals surface area contributed by atoms with Crippen LogP contribution in [0.5, 0.6) is 5.75 Å². The molecule has 0 saturated carbocycles. The van der Waals surface area contributed by atoms with E-state index in [1.807, 2.05) is 36.4 Å². The Labute approximate surface area is 185 Å². The lowest BCUT2D eigenvalue weighted by Crippen LogP contribution is -2.51. The van der Waals surface area contributed by atoms with Crippen molar-refractivity contribution in [3.8, 4) is 5.75 Å². The first-order valence-electron chi connectivity index (χ1n) is 10.4. The number of carbonyl (C=O) groups is 2. The molecule has 2 aromatic carbocycles. The van der Waals surface area contributed by atoms with E-state index in [9.17, 15) is 14.7 Å². The molecule has 1 aromatic heterocycles. The predicted octanol–water partition coefficient (Wildman–Crippen LogP) is 5.79. The van der Waals surface area contributed by atoms with Crippen molar-refractivity contribution in [2.24, 2.45) is 5.41 Å². The molecule has 162 valence electrons. The molecular formula is C24H26N2O4S. The van der Waals surface area contributed by atoms with Crippen molar-refractivity contribution in [2.75, 3.05) is 6.54 Å². The molecule has 2 atom stereocenters. The number of thiazole rings is 1. The fraction of sp³-hybridized carbons (Fsp3) is 0.375. The van der Waals surface area contributed by atoms with Crippen molar-refractivity contribution in [1.82, 2.24) is 9.88 Å². The summed E-state index contributed by atoms with van der Waals surface area (Å²) in [4.78, 5) is 30.5. The number of hydrogen-bond donors (Lipinski definition) is 1. The zero-order valence-corrected chi connectivity index (χ0v) is 18.7. The van der Waals surface area contributed by atoms with E-state index < -0.39 is 12.1 Å². The second-order valence-electron chi connectivity index (χ2n) is 9.02. The van der Waals surface area contributed by atoms with Crippen LogP contribution in [0.25, 0.3) is 10.8 Å². The minimum absolute atomic E-state index is 0.0984. The first-order valence-corrected chi connectivity index (χ1v) is 11.3. The average molecular weight is 439 g/mol. The van der Waals surface area contributed by atoms with Crippen molar-refractivity contribution in [1.29, 1.82) is 0 Å². The summed E-state index contributed by atoms with van der Waals surface area (Å²) in [5.41, 5.74) is 0.116. The Morgan fingerprint density at radius 2 is 1.90 bits per heavy atom. The van der Waals surface area contributed by atoms with E-state index in [0.29, 0.717) is 30.8 Å². The Morgan fingerprint density at radius 1 is 1.16 bits per heavy atom. The van der Waals surface area contributed by atoms with Crippen LogP contribution in [0.4, 0.5) is 4.79 Å². The third kappa shape index (κ3) is 4.42. The molecule has 1 N–H and O–H groups in total. The largest absolute Gasteiger partial charge is 0.465 e. The minimum atomic E-state index is -0.878. The zero-order valence-electron chi connectivity index (χ0n) is 17.9. The highest BCUT2D eigenvalue weighted by Gasteiger charge is 2.40. The van der Waals surface area contributed by atoms with Gasteiger partial charge in [0.1, 0.15) is 5.75 Å². The molecule has 6 nitrogen and oxygen atoms in total.